The highest BCUT2D eigenvalue weighted by molar-refractivity contribution is 5.52. The Hall–Kier alpha value is -3.48. The van der Waals surface area contributed by atoms with Gasteiger partial charge in [-0.05, 0) is 24.3 Å². The number of hydrogen-bond donors (Lipinski definition) is 1. The summed E-state index contributed by atoms with van der Waals surface area (Å²) in [5.74, 6) is -10.1. The fourth-order valence-electron chi connectivity index (χ4n) is 3.20. The lowest BCUT2D eigenvalue weighted by Gasteiger charge is -2.29. The summed E-state index contributed by atoms with van der Waals surface area (Å²) in [5.41, 5.74) is -4.69. The Morgan fingerprint density at radius 2 is 1.29 bits per heavy atom. The third kappa shape index (κ3) is 7.30. The highest BCUT2D eigenvalue weighted by Gasteiger charge is 2.43. The first-order chi connectivity index (χ1) is 17.7. The normalized spacial score (nSPS) is 12.4. The van der Waals surface area contributed by atoms with Crippen LogP contribution in [0.5, 0.6) is 11.5 Å². The average molecular weight is 557 g/mol. The zero-order valence-corrected chi connectivity index (χ0v) is 19.8. The number of anilines is 1. The van der Waals surface area contributed by atoms with Crippen molar-refractivity contribution in [3.8, 4) is 11.5 Å². The van der Waals surface area contributed by atoms with Crippen molar-refractivity contribution in [3.05, 3.63) is 89.0 Å². The minimum absolute atomic E-state index is 0.0240. The predicted octanol–water partition coefficient (Wildman–Crippen LogP) is 8.01. The van der Waals surface area contributed by atoms with E-state index in [2.05, 4.69) is 0 Å². The van der Waals surface area contributed by atoms with Crippen LogP contribution in [0.15, 0.2) is 54.6 Å². The van der Waals surface area contributed by atoms with Gasteiger partial charge < -0.3 is 14.7 Å². The summed E-state index contributed by atoms with van der Waals surface area (Å²) in [6.45, 7) is 1.24. The summed E-state index contributed by atoms with van der Waals surface area (Å²) in [5, 5.41) is 9.52. The number of aliphatic hydroxyl groups excluding tert-OH is 1. The second-order valence-corrected chi connectivity index (χ2v) is 7.46. The molecule has 0 amide bonds. The minimum Gasteiger partial charge on any atom is -0.457 e. The molecule has 0 heterocycles. The highest BCUT2D eigenvalue weighted by atomic mass is 19.4. The molecular formula is C25H21F10NO2. The van der Waals surface area contributed by atoms with Gasteiger partial charge in [-0.1, -0.05) is 38.1 Å². The molecule has 0 saturated carbocycles. The highest BCUT2D eigenvalue weighted by Crippen LogP contribution is 2.38. The van der Waals surface area contributed by atoms with Crippen LogP contribution in [0.25, 0.3) is 0 Å². The second kappa shape index (κ2) is 12.4. The van der Waals surface area contributed by atoms with E-state index in [1.54, 1.807) is 18.2 Å². The molecule has 208 valence electrons. The average Bonchev–Trinajstić information content (AvgIpc) is 2.85. The Morgan fingerprint density at radius 3 is 1.79 bits per heavy atom. The minimum atomic E-state index is -5.79. The molecule has 0 radical (unpaired) electrons. The first-order valence-electron chi connectivity index (χ1n) is 10.9. The van der Waals surface area contributed by atoms with Crippen molar-refractivity contribution in [3.63, 3.8) is 0 Å². The topological polar surface area (TPSA) is 32.7 Å². The van der Waals surface area contributed by atoms with Crippen LogP contribution in [-0.2, 0) is 12.7 Å². The molecule has 0 bridgehead atoms. The van der Waals surface area contributed by atoms with Gasteiger partial charge in [-0.15, -0.1) is 0 Å². The number of rotatable bonds is 7. The molecule has 0 aliphatic rings. The van der Waals surface area contributed by atoms with Crippen LogP contribution >= 0.6 is 0 Å². The molecule has 0 fully saturated rings. The van der Waals surface area contributed by atoms with E-state index >= 15 is 0 Å². The van der Waals surface area contributed by atoms with Gasteiger partial charge in [-0.3, -0.25) is 0 Å². The summed E-state index contributed by atoms with van der Waals surface area (Å²) in [4.78, 5) is 0.490. The monoisotopic (exact) mass is 557 g/mol. The lowest BCUT2D eigenvalue weighted by molar-refractivity contribution is -0.200. The van der Waals surface area contributed by atoms with Crippen LogP contribution in [0.4, 0.5) is 49.6 Å². The lowest BCUT2D eigenvalue weighted by Crippen LogP contribution is -2.41. The van der Waals surface area contributed by atoms with Crippen LogP contribution in [0.2, 0.25) is 0 Å². The van der Waals surface area contributed by atoms with E-state index in [9.17, 15) is 49.0 Å². The molecule has 0 spiro atoms. The zero-order valence-electron chi connectivity index (χ0n) is 19.8. The number of aliphatic hydroxyl groups is 1. The fraction of sp³-hybridized carbons (Fsp3) is 0.280. The Bertz CT molecular complexity index is 1180. The van der Waals surface area contributed by atoms with Gasteiger partial charge in [-0.25, -0.2) is 17.6 Å². The maximum atomic E-state index is 14.4. The SMILES string of the molecule is CC.O[C@H](CN(Cc1c(F)c(F)c(C(F)(F)F)c(F)c1F)c1cccc(Oc2ccccc2)c1)C(F)(F)F. The van der Waals surface area contributed by atoms with Crippen LogP contribution in [0, 0.1) is 23.3 Å². The van der Waals surface area contributed by atoms with Crippen molar-refractivity contribution in [1.29, 1.82) is 0 Å². The van der Waals surface area contributed by atoms with Gasteiger partial charge >= 0.3 is 12.4 Å². The van der Waals surface area contributed by atoms with Crippen molar-refractivity contribution in [2.45, 2.75) is 38.8 Å². The van der Waals surface area contributed by atoms with E-state index in [1.807, 2.05) is 13.8 Å². The lowest BCUT2D eigenvalue weighted by atomic mass is 10.1. The molecule has 1 atom stereocenters. The maximum absolute atomic E-state index is 14.4. The molecule has 0 aliphatic carbocycles. The first-order valence-corrected chi connectivity index (χ1v) is 10.9. The van der Waals surface area contributed by atoms with Gasteiger partial charge in [0.25, 0.3) is 0 Å². The Kier molecular flexibility index (Phi) is 10.0. The molecule has 3 aromatic carbocycles. The molecule has 38 heavy (non-hydrogen) atoms. The standard InChI is InChI=1S/C23H15F10NO2.C2H6/c24-18-15(19(25)21(27)17(20(18)26)23(31,32)33)10-34(11-16(35)22(28,29)30)12-5-4-8-14(9-12)36-13-6-2-1-3-7-13;1-2/h1-9,16,35H,10-11H2;1-2H3/t16-;/m1./s1. The molecular weight excluding hydrogens is 536 g/mol. The largest absolute Gasteiger partial charge is 0.457 e. The van der Waals surface area contributed by atoms with E-state index in [0.29, 0.717) is 10.6 Å². The molecule has 0 aromatic heterocycles. The molecule has 13 heteroatoms. The Morgan fingerprint density at radius 1 is 0.763 bits per heavy atom. The van der Waals surface area contributed by atoms with Crippen molar-refractivity contribution in [2.24, 2.45) is 0 Å². The van der Waals surface area contributed by atoms with Crippen LogP contribution in [-0.4, -0.2) is 23.9 Å². The van der Waals surface area contributed by atoms with Crippen molar-refractivity contribution in [2.75, 3.05) is 11.4 Å². The van der Waals surface area contributed by atoms with Crippen LogP contribution in [0.1, 0.15) is 25.0 Å². The number of para-hydroxylation sites is 1. The van der Waals surface area contributed by atoms with Crippen molar-refractivity contribution in [1.82, 2.24) is 0 Å². The Balaban J connectivity index is 0.00000247. The summed E-state index contributed by atoms with van der Waals surface area (Å²) in [6, 6.07) is 12.8. The van der Waals surface area contributed by atoms with Gasteiger partial charge in [0.15, 0.2) is 29.4 Å². The van der Waals surface area contributed by atoms with E-state index in [-0.39, 0.29) is 11.4 Å². The Labute approximate surface area is 210 Å². The third-order valence-corrected chi connectivity index (χ3v) is 4.92. The van der Waals surface area contributed by atoms with Crippen molar-refractivity contribution < 1.29 is 53.7 Å². The molecule has 0 saturated heterocycles. The number of hydrogen-bond acceptors (Lipinski definition) is 3. The third-order valence-electron chi connectivity index (χ3n) is 4.92. The van der Waals surface area contributed by atoms with Gasteiger partial charge in [-0.2, -0.15) is 26.3 Å². The number of benzene rings is 3. The number of alkyl halides is 6. The summed E-state index contributed by atoms with van der Waals surface area (Å²) >= 11 is 0. The zero-order chi connectivity index (χ0) is 28.8. The van der Waals surface area contributed by atoms with Gasteiger partial charge in [0.05, 0.1) is 6.54 Å². The van der Waals surface area contributed by atoms with Gasteiger partial charge in [0.1, 0.15) is 17.1 Å². The molecule has 3 rings (SSSR count). The van der Waals surface area contributed by atoms with Crippen LogP contribution in [0.3, 0.4) is 0 Å². The summed E-state index contributed by atoms with van der Waals surface area (Å²) in [6.07, 6.45) is -14.1. The first kappa shape index (κ1) is 30.7. The number of halogens is 10. The predicted molar refractivity (Wildman–Crippen MR) is 119 cm³/mol. The molecule has 0 aliphatic heterocycles. The molecule has 3 nitrogen and oxygen atoms in total. The van der Waals surface area contributed by atoms with E-state index in [0.717, 1.165) is 12.1 Å². The van der Waals surface area contributed by atoms with Gasteiger partial charge in [0, 0.05) is 23.9 Å². The van der Waals surface area contributed by atoms with E-state index in [4.69, 9.17) is 4.74 Å². The summed E-state index contributed by atoms with van der Waals surface area (Å²) < 4.78 is 140. The number of nitrogens with zero attached hydrogens (tertiary/aromatic N) is 1. The molecule has 3 aromatic rings. The summed E-state index contributed by atoms with van der Waals surface area (Å²) in [7, 11) is 0. The second-order valence-electron chi connectivity index (χ2n) is 7.46. The van der Waals surface area contributed by atoms with Crippen molar-refractivity contribution >= 4 is 5.69 Å². The number of ether oxygens (including phenoxy) is 1. The molecule has 0 unspecified atom stereocenters. The van der Waals surface area contributed by atoms with E-state index < -0.39 is 65.9 Å². The van der Waals surface area contributed by atoms with Gasteiger partial charge in [0.2, 0.25) is 0 Å². The molecule has 1 N–H and O–H groups in total. The quantitative estimate of drug-likeness (QED) is 0.236. The fourth-order valence-corrected chi connectivity index (χ4v) is 3.20. The van der Waals surface area contributed by atoms with E-state index in [1.165, 1.54) is 24.3 Å². The smallest absolute Gasteiger partial charge is 0.422 e. The van der Waals surface area contributed by atoms with Crippen LogP contribution < -0.4 is 9.64 Å². The maximum Gasteiger partial charge on any atom is 0.422 e.